The molecule has 0 aromatic rings. The maximum Gasteiger partial charge on any atom is 0.0230 e. The first-order chi connectivity index (χ1) is 7.72. The summed E-state index contributed by atoms with van der Waals surface area (Å²) >= 11 is 0. The van der Waals surface area contributed by atoms with Gasteiger partial charge in [0.25, 0.3) is 0 Å². The molecule has 0 heterocycles. The molecule has 17 heavy (non-hydrogen) atoms. The molecule has 0 aliphatic heterocycles. The standard InChI is InChI=1S/C16H31N/c1-13(2)11-17-12-15(4)14(3)9-8-10-16(5,6)7/h13-15,17H,9,11-12H2,1-7H3. The van der Waals surface area contributed by atoms with Crippen LogP contribution in [0, 0.1) is 35.0 Å². The van der Waals surface area contributed by atoms with E-state index in [1.165, 1.54) is 0 Å². The third kappa shape index (κ3) is 10.4. The van der Waals surface area contributed by atoms with Crippen molar-refractivity contribution in [3.63, 3.8) is 0 Å². The summed E-state index contributed by atoms with van der Waals surface area (Å²) in [6.07, 6.45) is 1.02. The van der Waals surface area contributed by atoms with Gasteiger partial charge < -0.3 is 5.32 Å². The summed E-state index contributed by atoms with van der Waals surface area (Å²) in [5.41, 5.74) is 0.138. The molecule has 0 aromatic heterocycles. The van der Waals surface area contributed by atoms with Gasteiger partial charge in [-0.3, -0.25) is 0 Å². The van der Waals surface area contributed by atoms with Gasteiger partial charge in [0.15, 0.2) is 0 Å². The third-order valence-electron chi connectivity index (χ3n) is 2.88. The number of nitrogens with one attached hydrogen (secondary N) is 1. The minimum Gasteiger partial charge on any atom is -0.316 e. The highest BCUT2D eigenvalue weighted by molar-refractivity contribution is 5.07. The van der Waals surface area contributed by atoms with Gasteiger partial charge in [0, 0.05) is 11.8 Å². The smallest absolute Gasteiger partial charge is 0.0230 e. The van der Waals surface area contributed by atoms with E-state index in [1.54, 1.807) is 0 Å². The quantitative estimate of drug-likeness (QED) is 0.690. The fourth-order valence-corrected chi connectivity index (χ4v) is 1.48. The van der Waals surface area contributed by atoms with E-state index in [0.29, 0.717) is 11.8 Å². The first kappa shape index (κ1) is 16.5. The molecule has 0 fully saturated rings. The van der Waals surface area contributed by atoms with Crippen LogP contribution >= 0.6 is 0 Å². The normalized spacial score (nSPS) is 15.3. The van der Waals surface area contributed by atoms with Crippen LogP contribution in [0.3, 0.4) is 0 Å². The molecular formula is C16H31N. The summed E-state index contributed by atoms with van der Waals surface area (Å²) in [4.78, 5) is 0. The highest BCUT2D eigenvalue weighted by Gasteiger charge is 2.11. The molecule has 0 saturated carbocycles. The Morgan fingerprint density at radius 2 is 1.53 bits per heavy atom. The van der Waals surface area contributed by atoms with Crippen molar-refractivity contribution < 1.29 is 0 Å². The summed E-state index contributed by atoms with van der Waals surface area (Å²) in [5, 5.41) is 3.52. The molecule has 1 nitrogen and oxygen atoms in total. The van der Waals surface area contributed by atoms with Crippen molar-refractivity contribution in [3.8, 4) is 11.8 Å². The maximum absolute atomic E-state index is 3.52. The molecule has 0 bridgehead atoms. The van der Waals surface area contributed by atoms with E-state index >= 15 is 0 Å². The van der Waals surface area contributed by atoms with Crippen LogP contribution in [-0.4, -0.2) is 13.1 Å². The maximum atomic E-state index is 3.52. The van der Waals surface area contributed by atoms with Gasteiger partial charge in [-0.2, -0.15) is 0 Å². The van der Waals surface area contributed by atoms with Crippen molar-refractivity contribution in [2.24, 2.45) is 23.2 Å². The Hall–Kier alpha value is -0.480. The number of hydrogen-bond donors (Lipinski definition) is 1. The lowest BCUT2D eigenvalue weighted by Crippen LogP contribution is -2.28. The lowest BCUT2D eigenvalue weighted by Gasteiger charge is -2.19. The molecule has 0 rings (SSSR count). The second kappa shape index (κ2) is 7.77. The molecule has 100 valence electrons. The Morgan fingerprint density at radius 1 is 0.941 bits per heavy atom. The highest BCUT2D eigenvalue weighted by Crippen LogP contribution is 2.15. The van der Waals surface area contributed by atoms with Crippen molar-refractivity contribution in [3.05, 3.63) is 0 Å². The zero-order chi connectivity index (χ0) is 13.5. The summed E-state index contributed by atoms with van der Waals surface area (Å²) in [7, 11) is 0. The molecule has 0 saturated heterocycles. The Bertz CT molecular complexity index is 249. The number of rotatable bonds is 6. The van der Waals surface area contributed by atoms with Crippen LogP contribution in [0.1, 0.15) is 54.9 Å². The molecule has 0 aliphatic carbocycles. The van der Waals surface area contributed by atoms with Crippen molar-refractivity contribution in [1.82, 2.24) is 5.32 Å². The monoisotopic (exact) mass is 237 g/mol. The largest absolute Gasteiger partial charge is 0.316 e. The molecule has 0 radical (unpaired) electrons. The van der Waals surface area contributed by atoms with Gasteiger partial charge in [0.2, 0.25) is 0 Å². The molecule has 0 spiro atoms. The third-order valence-corrected chi connectivity index (χ3v) is 2.88. The SMILES string of the molecule is CC(C)CNCC(C)C(C)CC#CC(C)(C)C. The van der Waals surface area contributed by atoms with E-state index < -0.39 is 0 Å². The van der Waals surface area contributed by atoms with E-state index in [1.807, 2.05) is 0 Å². The van der Waals surface area contributed by atoms with Crippen LogP contribution in [0.25, 0.3) is 0 Å². The van der Waals surface area contributed by atoms with Crippen LogP contribution in [0.15, 0.2) is 0 Å². The molecule has 0 aliphatic rings. The zero-order valence-corrected chi connectivity index (χ0v) is 12.9. The zero-order valence-electron chi connectivity index (χ0n) is 12.9. The van der Waals surface area contributed by atoms with Gasteiger partial charge >= 0.3 is 0 Å². The Balaban J connectivity index is 3.88. The van der Waals surface area contributed by atoms with Crippen molar-refractivity contribution in [2.45, 2.75) is 54.9 Å². The van der Waals surface area contributed by atoms with Crippen LogP contribution in [0.2, 0.25) is 0 Å². The average Bonchev–Trinajstić information content (AvgIpc) is 2.14. The predicted octanol–water partition coefficient (Wildman–Crippen LogP) is 3.94. The minimum absolute atomic E-state index is 0.138. The van der Waals surface area contributed by atoms with E-state index in [9.17, 15) is 0 Å². The van der Waals surface area contributed by atoms with Gasteiger partial charge in [0.1, 0.15) is 0 Å². The van der Waals surface area contributed by atoms with E-state index in [0.717, 1.165) is 25.4 Å². The van der Waals surface area contributed by atoms with Gasteiger partial charge in [-0.15, -0.1) is 5.92 Å². The van der Waals surface area contributed by atoms with Crippen molar-refractivity contribution >= 4 is 0 Å². The summed E-state index contributed by atoms with van der Waals surface area (Å²) in [5.74, 6) is 8.74. The highest BCUT2D eigenvalue weighted by atomic mass is 14.9. The van der Waals surface area contributed by atoms with E-state index in [-0.39, 0.29) is 5.41 Å². The fourth-order valence-electron chi connectivity index (χ4n) is 1.48. The summed E-state index contributed by atoms with van der Waals surface area (Å²) in [6.45, 7) is 17.8. The van der Waals surface area contributed by atoms with Crippen LogP contribution in [0.4, 0.5) is 0 Å². The van der Waals surface area contributed by atoms with E-state index in [4.69, 9.17) is 0 Å². The molecule has 0 aromatic carbocycles. The lowest BCUT2D eigenvalue weighted by atomic mass is 9.91. The van der Waals surface area contributed by atoms with Crippen LogP contribution < -0.4 is 5.32 Å². The van der Waals surface area contributed by atoms with E-state index in [2.05, 4.69) is 65.6 Å². The first-order valence-electron chi connectivity index (χ1n) is 6.93. The molecule has 2 atom stereocenters. The second-order valence-electron chi connectivity index (χ2n) is 6.76. The first-order valence-corrected chi connectivity index (χ1v) is 6.93. The number of hydrogen-bond acceptors (Lipinski definition) is 1. The molecule has 2 unspecified atom stereocenters. The molecule has 1 N–H and O–H groups in total. The summed E-state index contributed by atoms with van der Waals surface area (Å²) < 4.78 is 0. The average molecular weight is 237 g/mol. The van der Waals surface area contributed by atoms with Crippen molar-refractivity contribution in [1.29, 1.82) is 0 Å². The fraction of sp³-hybridized carbons (Fsp3) is 0.875. The predicted molar refractivity (Wildman–Crippen MR) is 77.9 cm³/mol. The van der Waals surface area contributed by atoms with Crippen molar-refractivity contribution in [2.75, 3.05) is 13.1 Å². The lowest BCUT2D eigenvalue weighted by molar-refractivity contribution is 0.364. The molecule has 1 heteroatoms. The van der Waals surface area contributed by atoms with Gasteiger partial charge in [-0.1, -0.05) is 33.6 Å². The second-order valence-corrected chi connectivity index (χ2v) is 6.76. The molecular weight excluding hydrogens is 206 g/mol. The Kier molecular flexibility index (Phi) is 7.55. The minimum atomic E-state index is 0.138. The van der Waals surface area contributed by atoms with Crippen LogP contribution in [0.5, 0.6) is 0 Å². The van der Waals surface area contributed by atoms with Gasteiger partial charge in [-0.25, -0.2) is 0 Å². The van der Waals surface area contributed by atoms with Gasteiger partial charge in [0.05, 0.1) is 0 Å². The molecule has 0 amide bonds. The van der Waals surface area contributed by atoms with Gasteiger partial charge in [-0.05, 0) is 51.6 Å². The Morgan fingerprint density at radius 3 is 2.00 bits per heavy atom. The summed E-state index contributed by atoms with van der Waals surface area (Å²) in [6, 6.07) is 0. The topological polar surface area (TPSA) is 12.0 Å². The van der Waals surface area contributed by atoms with Crippen LogP contribution in [-0.2, 0) is 0 Å². The Labute approximate surface area is 109 Å².